The van der Waals surface area contributed by atoms with Gasteiger partial charge in [-0.2, -0.15) is 0 Å². The van der Waals surface area contributed by atoms with E-state index in [9.17, 15) is 0 Å². The fraction of sp³-hybridized carbons (Fsp3) is 0.312. The molecule has 0 saturated heterocycles. The molecular weight excluding hydrogens is 605 g/mol. The molecule has 4 saturated carbocycles. The number of nitrogens with zero attached hydrogens (tertiary/aromatic N) is 2. The molecule has 3 heteroatoms. The van der Waals surface area contributed by atoms with E-state index in [1.165, 1.54) is 37.7 Å². The SMILES string of the molecule is [Ir].[c-]1ccccc1-c1ccc(C2C3CC4CC(C3)CC2C4)cn1.[c-]1ccccc1-c1ccccn1. The topological polar surface area (TPSA) is 25.8 Å². The van der Waals surface area contributed by atoms with Crippen LogP contribution in [0.2, 0.25) is 0 Å². The smallest absolute Gasteiger partial charge is 0.0195 e. The van der Waals surface area contributed by atoms with Gasteiger partial charge in [0.1, 0.15) is 0 Å². The van der Waals surface area contributed by atoms with E-state index in [-0.39, 0.29) is 20.1 Å². The third kappa shape index (κ3) is 5.32. The molecule has 0 spiro atoms. The normalized spacial score (nSPS) is 25.8. The Balaban J connectivity index is 0.000000167. The van der Waals surface area contributed by atoms with Gasteiger partial charge in [-0.1, -0.05) is 24.3 Å². The van der Waals surface area contributed by atoms with E-state index >= 15 is 0 Å². The van der Waals surface area contributed by atoms with Gasteiger partial charge in [0.05, 0.1) is 0 Å². The van der Waals surface area contributed by atoms with E-state index in [1.54, 1.807) is 6.20 Å². The molecule has 4 aliphatic carbocycles. The zero-order valence-electron chi connectivity index (χ0n) is 19.8. The minimum absolute atomic E-state index is 0. The number of rotatable bonds is 3. The van der Waals surface area contributed by atoms with Crippen molar-refractivity contribution < 1.29 is 20.1 Å². The van der Waals surface area contributed by atoms with Crippen LogP contribution in [0.4, 0.5) is 0 Å². The van der Waals surface area contributed by atoms with Crippen molar-refractivity contribution in [1.29, 1.82) is 0 Å². The van der Waals surface area contributed by atoms with Crippen molar-refractivity contribution in [3.8, 4) is 22.5 Å². The molecule has 4 aromatic rings. The number of pyridine rings is 2. The fourth-order valence-electron chi connectivity index (χ4n) is 6.86. The molecule has 35 heavy (non-hydrogen) atoms. The van der Waals surface area contributed by atoms with Crippen molar-refractivity contribution in [1.82, 2.24) is 9.97 Å². The van der Waals surface area contributed by atoms with E-state index in [0.717, 1.165) is 52.1 Å². The Labute approximate surface area is 222 Å². The molecule has 0 amide bonds. The summed E-state index contributed by atoms with van der Waals surface area (Å²) in [5, 5.41) is 0. The van der Waals surface area contributed by atoms with Gasteiger partial charge < -0.3 is 9.97 Å². The van der Waals surface area contributed by atoms with E-state index in [4.69, 9.17) is 4.98 Å². The number of aromatic nitrogens is 2. The molecule has 2 heterocycles. The summed E-state index contributed by atoms with van der Waals surface area (Å²) in [6.07, 6.45) is 11.4. The molecule has 4 aliphatic rings. The van der Waals surface area contributed by atoms with Crippen molar-refractivity contribution in [2.45, 2.75) is 38.0 Å². The second kappa shape index (κ2) is 11.0. The summed E-state index contributed by atoms with van der Waals surface area (Å²) in [7, 11) is 0. The van der Waals surface area contributed by atoms with Gasteiger partial charge in [-0.25, -0.2) is 0 Å². The molecule has 4 fully saturated rings. The predicted octanol–water partition coefficient (Wildman–Crippen LogP) is 7.63. The number of hydrogen-bond acceptors (Lipinski definition) is 2. The fourth-order valence-corrected chi connectivity index (χ4v) is 6.86. The number of hydrogen-bond donors (Lipinski definition) is 0. The van der Waals surface area contributed by atoms with E-state index in [2.05, 4.69) is 47.6 Å². The Hall–Kier alpha value is -2.61. The first-order valence-electron chi connectivity index (χ1n) is 12.6. The van der Waals surface area contributed by atoms with Gasteiger partial charge in [0.15, 0.2) is 0 Å². The van der Waals surface area contributed by atoms with Crippen LogP contribution >= 0.6 is 0 Å². The zero-order chi connectivity index (χ0) is 22.7. The third-order valence-electron chi connectivity index (χ3n) is 8.03. The van der Waals surface area contributed by atoms with Gasteiger partial charge in [-0.3, -0.25) is 0 Å². The van der Waals surface area contributed by atoms with Gasteiger partial charge in [-0.15, -0.1) is 71.8 Å². The van der Waals surface area contributed by atoms with E-state index in [0.29, 0.717) is 0 Å². The number of benzene rings is 2. The maximum atomic E-state index is 4.75. The Morgan fingerprint density at radius 3 is 1.69 bits per heavy atom. The van der Waals surface area contributed by atoms with Crippen LogP contribution in [-0.2, 0) is 20.1 Å². The molecular formula is C32H30IrN2-2. The summed E-state index contributed by atoms with van der Waals surface area (Å²) < 4.78 is 0. The minimum Gasteiger partial charge on any atom is -0.305 e. The minimum atomic E-state index is 0. The monoisotopic (exact) mass is 635 g/mol. The van der Waals surface area contributed by atoms with Crippen molar-refractivity contribution in [2.24, 2.45) is 23.7 Å². The predicted molar refractivity (Wildman–Crippen MR) is 137 cm³/mol. The maximum Gasteiger partial charge on any atom is 0.0195 e. The van der Waals surface area contributed by atoms with Crippen molar-refractivity contribution >= 4 is 0 Å². The molecule has 0 atom stereocenters. The van der Waals surface area contributed by atoms with Crippen LogP contribution in [0.3, 0.4) is 0 Å². The quantitative estimate of drug-likeness (QED) is 0.217. The first kappa shape index (κ1) is 24.1. The standard InChI is InChI=1S/C21H22N.C11H8N.Ir/c1-2-4-16(5-3-1)20-7-6-17(13-22-20)21-18-9-14-8-15(11-18)12-19(21)10-14;1-2-6-10(7-3-1)11-8-4-5-9-12-11;/h1-4,6-7,13-15,18-19,21H,8-12H2;1-6,8-9H;/q2*-1;. The van der Waals surface area contributed by atoms with Crippen molar-refractivity contribution in [2.75, 3.05) is 0 Å². The van der Waals surface area contributed by atoms with Crippen LogP contribution in [-0.4, -0.2) is 9.97 Å². The Morgan fingerprint density at radius 1 is 0.600 bits per heavy atom. The second-order valence-corrected chi connectivity index (χ2v) is 10.2. The van der Waals surface area contributed by atoms with E-state index in [1.807, 2.05) is 54.6 Å². The summed E-state index contributed by atoms with van der Waals surface area (Å²) in [6, 6.07) is 32.7. The van der Waals surface area contributed by atoms with Crippen LogP contribution in [0.25, 0.3) is 22.5 Å². The Kier molecular flexibility index (Phi) is 7.56. The largest absolute Gasteiger partial charge is 0.305 e. The average molecular weight is 635 g/mol. The summed E-state index contributed by atoms with van der Waals surface area (Å²) in [5.41, 5.74) is 5.65. The van der Waals surface area contributed by atoms with Crippen LogP contribution in [0.15, 0.2) is 91.3 Å². The molecule has 0 N–H and O–H groups in total. The second-order valence-electron chi connectivity index (χ2n) is 10.2. The van der Waals surface area contributed by atoms with Gasteiger partial charge in [0.25, 0.3) is 0 Å². The van der Waals surface area contributed by atoms with Gasteiger partial charge in [0.2, 0.25) is 0 Å². The molecule has 179 valence electrons. The van der Waals surface area contributed by atoms with E-state index < -0.39 is 0 Å². The molecule has 2 aromatic carbocycles. The van der Waals surface area contributed by atoms with Crippen LogP contribution < -0.4 is 0 Å². The van der Waals surface area contributed by atoms with Crippen LogP contribution in [0, 0.1) is 35.8 Å². The first-order chi connectivity index (χ1) is 16.8. The molecule has 8 rings (SSSR count). The molecule has 1 radical (unpaired) electrons. The molecule has 4 bridgehead atoms. The summed E-state index contributed by atoms with van der Waals surface area (Å²) >= 11 is 0. The summed E-state index contributed by atoms with van der Waals surface area (Å²) in [4.78, 5) is 8.97. The molecule has 0 aliphatic heterocycles. The first-order valence-corrected chi connectivity index (χ1v) is 12.6. The van der Waals surface area contributed by atoms with Crippen molar-refractivity contribution in [3.05, 3.63) is 109 Å². The summed E-state index contributed by atoms with van der Waals surface area (Å²) in [6.45, 7) is 0. The van der Waals surface area contributed by atoms with Crippen LogP contribution in [0.1, 0.15) is 43.6 Å². The summed E-state index contributed by atoms with van der Waals surface area (Å²) in [5.74, 6) is 4.75. The van der Waals surface area contributed by atoms with Crippen LogP contribution in [0.5, 0.6) is 0 Å². The van der Waals surface area contributed by atoms with Gasteiger partial charge in [-0.05, 0) is 84.7 Å². The van der Waals surface area contributed by atoms with Gasteiger partial charge >= 0.3 is 0 Å². The third-order valence-corrected chi connectivity index (χ3v) is 8.03. The Morgan fingerprint density at radius 2 is 1.20 bits per heavy atom. The Bertz CT molecular complexity index is 1130. The molecule has 2 nitrogen and oxygen atoms in total. The average Bonchev–Trinajstić information content (AvgIpc) is 2.90. The molecule has 2 aromatic heterocycles. The van der Waals surface area contributed by atoms with Crippen molar-refractivity contribution in [3.63, 3.8) is 0 Å². The van der Waals surface area contributed by atoms with Gasteiger partial charge in [0, 0.05) is 32.5 Å². The zero-order valence-corrected chi connectivity index (χ0v) is 22.2. The maximum absolute atomic E-state index is 4.75. The molecule has 0 unspecified atom stereocenters.